The number of hydrogen-bond donors (Lipinski definition) is 0. The van der Waals surface area contributed by atoms with Crippen LogP contribution in [-0.2, 0) is 0 Å². The molecule has 0 saturated heterocycles. The van der Waals surface area contributed by atoms with Gasteiger partial charge in [0.15, 0.2) is 0 Å². The summed E-state index contributed by atoms with van der Waals surface area (Å²) in [5.41, 5.74) is 4.76. The zero-order valence-electron chi connectivity index (χ0n) is 17.4. The van der Waals surface area contributed by atoms with E-state index in [1.54, 1.807) is 24.3 Å². The van der Waals surface area contributed by atoms with Crippen molar-refractivity contribution in [3.05, 3.63) is 102 Å². The van der Waals surface area contributed by atoms with Gasteiger partial charge in [-0.25, -0.2) is 14.8 Å². The fourth-order valence-corrected chi connectivity index (χ4v) is 4.18. The zero-order valence-corrected chi connectivity index (χ0v) is 17.4. The lowest BCUT2D eigenvalue weighted by molar-refractivity contribution is 0.0735. The van der Waals surface area contributed by atoms with Crippen molar-refractivity contribution in [3.63, 3.8) is 0 Å². The third-order valence-electron chi connectivity index (χ3n) is 5.79. The Morgan fingerprint density at radius 2 is 1.22 bits per heavy atom. The van der Waals surface area contributed by atoms with Crippen molar-refractivity contribution >= 4 is 49.6 Å². The van der Waals surface area contributed by atoms with Gasteiger partial charge in [-0.05, 0) is 42.0 Å². The van der Waals surface area contributed by atoms with E-state index in [1.807, 2.05) is 49.4 Å². The second kappa shape index (κ2) is 7.13. The van der Waals surface area contributed by atoms with Crippen LogP contribution in [0.15, 0.2) is 91.0 Å². The number of nitrogens with zero attached hydrogens (tertiary/aromatic N) is 2. The molecule has 1 heterocycles. The standard InChI is InChI=1S/C28H18N2O2/c1-17-10-12-18(13-11-17)28(31)32-19-14-15-24-25(16-19)30-27-23-9-5-3-7-21(23)20-6-2-4-8-22(20)26(27)29-24/h2-16H,1H3. The molecule has 0 bridgehead atoms. The molecule has 0 unspecified atom stereocenters. The number of carbonyl (C=O) groups is 1. The molecule has 5 aromatic carbocycles. The fraction of sp³-hybridized carbons (Fsp3) is 0.0357. The average molecular weight is 414 g/mol. The lowest BCUT2D eigenvalue weighted by Crippen LogP contribution is -2.08. The van der Waals surface area contributed by atoms with E-state index in [9.17, 15) is 4.79 Å². The minimum Gasteiger partial charge on any atom is -0.423 e. The maximum atomic E-state index is 12.5. The van der Waals surface area contributed by atoms with Crippen LogP contribution >= 0.6 is 0 Å². The maximum Gasteiger partial charge on any atom is 0.343 e. The van der Waals surface area contributed by atoms with E-state index in [-0.39, 0.29) is 0 Å². The third kappa shape index (κ3) is 2.96. The quantitative estimate of drug-likeness (QED) is 0.138. The van der Waals surface area contributed by atoms with Crippen LogP contribution in [-0.4, -0.2) is 15.9 Å². The second-order valence-corrected chi connectivity index (χ2v) is 7.92. The first-order valence-corrected chi connectivity index (χ1v) is 10.5. The summed E-state index contributed by atoms with van der Waals surface area (Å²) in [5, 5.41) is 4.43. The van der Waals surface area contributed by atoms with Crippen molar-refractivity contribution in [1.29, 1.82) is 0 Å². The highest BCUT2D eigenvalue weighted by Crippen LogP contribution is 2.34. The van der Waals surface area contributed by atoms with Gasteiger partial charge in [-0.15, -0.1) is 0 Å². The smallest absolute Gasteiger partial charge is 0.343 e. The molecule has 0 spiro atoms. The molecule has 0 aliphatic carbocycles. The number of ether oxygens (including phenoxy) is 1. The molecule has 1 aromatic heterocycles. The van der Waals surface area contributed by atoms with Crippen LogP contribution in [0.5, 0.6) is 5.75 Å². The number of esters is 1. The summed E-state index contributed by atoms with van der Waals surface area (Å²) in [6, 6.07) is 29.2. The van der Waals surface area contributed by atoms with Gasteiger partial charge in [0.2, 0.25) is 0 Å². The molecule has 6 rings (SSSR count). The first-order chi connectivity index (χ1) is 15.7. The first kappa shape index (κ1) is 18.5. The minimum atomic E-state index is -0.394. The summed E-state index contributed by atoms with van der Waals surface area (Å²) in [7, 11) is 0. The SMILES string of the molecule is Cc1ccc(C(=O)Oc2ccc3nc4c5ccccc5c5ccccc5c4nc3c2)cc1. The normalized spacial score (nSPS) is 11.4. The van der Waals surface area contributed by atoms with Gasteiger partial charge < -0.3 is 4.74 Å². The highest BCUT2D eigenvalue weighted by molar-refractivity contribution is 6.23. The number of carbonyl (C=O) groups excluding carboxylic acids is 1. The van der Waals surface area contributed by atoms with Crippen molar-refractivity contribution < 1.29 is 9.53 Å². The van der Waals surface area contributed by atoms with Crippen molar-refractivity contribution in [1.82, 2.24) is 9.97 Å². The molecule has 0 aliphatic rings. The molecule has 6 aromatic rings. The number of aryl methyl sites for hydroxylation is 1. The highest BCUT2D eigenvalue weighted by atomic mass is 16.5. The molecular weight excluding hydrogens is 396 g/mol. The number of rotatable bonds is 2. The van der Waals surface area contributed by atoms with Gasteiger partial charge in [0, 0.05) is 16.8 Å². The lowest BCUT2D eigenvalue weighted by atomic mass is 9.99. The van der Waals surface area contributed by atoms with Gasteiger partial charge in [-0.2, -0.15) is 0 Å². The Labute approximate surface area is 184 Å². The fourth-order valence-electron chi connectivity index (χ4n) is 4.18. The van der Waals surface area contributed by atoms with Crippen LogP contribution in [0.3, 0.4) is 0 Å². The van der Waals surface area contributed by atoms with E-state index in [4.69, 9.17) is 14.7 Å². The Bertz CT molecular complexity index is 1670. The topological polar surface area (TPSA) is 52.1 Å². The van der Waals surface area contributed by atoms with Crippen molar-refractivity contribution in [2.45, 2.75) is 6.92 Å². The van der Waals surface area contributed by atoms with Crippen LogP contribution in [0, 0.1) is 6.92 Å². The third-order valence-corrected chi connectivity index (χ3v) is 5.79. The van der Waals surface area contributed by atoms with Gasteiger partial charge in [0.1, 0.15) is 5.75 Å². The van der Waals surface area contributed by atoms with Crippen LogP contribution in [0.2, 0.25) is 0 Å². The predicted molar refractivity (Wildman–Crippen MR) is 128 cm³/mol. The molecule has 4 nitrogen and oxygen atoms in total. The largest absolute Gasteiger partial charge is 0.423 e. The van der Waals surface area contributed by atoms with E-state index < -0.39 is 5.97 Å². The molecule has 32 heavy (non-hydrogen) atoms. The Balaban J connectivity index is 1.52. The number of fused-ring (bicyclic) bond motifs is 7. The summed E-state index contributed by atoms with van der Waals surface area (Å²) in [6.45, 7) is 1.98. The van der Waals surface area contributed by atoms with Crippen LogP contribution in [0.4, 0.5) is 0 Å². The number of hydrogen-bond acceptors (Lipinski definition) is 4. The van der Waals surface area contributed by atoms with E-state index in [2.05, 4.69) is 24.3 Å². The van der Waals surface area contributed by atoms with Crippen LogP contribution < -0.4 is 4.74 Å². The Morgan fingerprint density at radius 3 is 1.84 bits per heavy atom. The molecule has 0 fully saturated rings. The summed E-state index contributed by atoms with van der Waals surface area (Å²) in [6.07, 6.45) is 0. The minimum absolute atomic E-state index is 0.394. The Kier molecular flexibility index (Phi) is 4.12. The molecule has 0 atom stereocenters. The van der Waals surface area contributed by atoms with Crippen molar-refractivity contribution in [2.75, 3.05) is 0 Å². The molecule has 0 saturated carbocycles. The molecule has 0 aliphatic heterocycles. The van der Waals surface area contributed by atoms with E-state index in [0.29, 0.717) is 16.8 Å². The molecule has 4 heteroatoms. The highest BCUT2D eigenvalue weighted by Gasteiger charge is 2.13. The van der Waals surface area contributed by atoms with Crippen LogP contribution in [0.25, 0.3) is 43.6 Å². The predicted octanol–water partition coefficient (Wildman–Crippen LogP) is 6.62. The second-order valence-electron chi connectivity index (χ2n) is 7.92. The summed E-state index contributed by atoms with van der Waals surface area (Å²) in [5.74, 6) is 0.0522. The molecule has 0 amide bonds. The Morgan fingerprint density at radius 1 is 0.656 bits per heavy atom. The van der Waals surface area contributed by atoms with Crippen molar-refractivity contribution in [2.24, 2.45) is 0 Å². The maximum absolute atomic E-state index is 12.5. The lowest BCUT2D eigenvalue weighted by Gasteiger charge is -2.10. The first-order valence-electron chi connectivity index (χ1n) is 10.5. The average Bonchev–Trinajstić information content (AvgIpc) is 2.83. The Hall–Kier alpha value is -4.31. The van der Waals surface area contributed by atoms with E-state index >= 15 is 0 Å². The summed E-state index contributed by atoms with van der Waals surface area (Å²) < 4.78 is 5.61. The summed E-state index contributed by atoms with van der Waals surface area (Å²) >= 11 is 0. The summed E-state index contributed by atoms with van der Waals surface area (Å²) in [4.78, 5) is 22.4. The monoisotopic (exact) mass is 414 g/mol. The number of aromatic nitrogens is 2. The van der Waals surface area contributed by atoms with E-state index in [0.717, 1.165) is 43.7 Å². The van der Waals surface area contributed by atoms with Gasteiger partial charge in [-0.3, -0.25) is 0 Å². The van der Waals surface area contributed by atoms with Gasteiger partial charge >= 0.3 is 5.97 Å². The molecule has 0 radical (unpaired) electrons. The number of benzene rings is 5. The molecule has 152 valence electrons. The van der Waals surface area contributed by atoms with Gasteiger partial charge in [0.25, 0.3) is 0 Å². The van der Waals surface area contributed by atoms with Gasteiger partial charge in [-0.1, -0.05) is 66.2 Å². The van der Waals surface area contributed by atoms with Crippen molar-refractivity contribution in [3.8, 4) is 5.75 Å². The molecular formula is C28H18N2O2. The molecule has 0 N–H and O–H groups in total. The van der Waals surface area contributed by atoms with Crippen LogP contribution in [0.1, 0.15) is 15.9 Å². The van der Waals surface area contributed by atoms with Gasteiger partial charge in [0.05, 0.1) is 27.6 Å². The van der Waals surface area contributed by atoms with E-state index in [1.165, 1.54) is 0 Å². The zero-order chi connectivity index (χ0) is 21.7.